The predicted molar refractivity (Wildman–Crippen MR) is 79.4 cm³/mol. The van der Waals surface area contributed by atoms with Crippen LogP contribution in [0.5, 0.6) is 0 Å². The SMILES string of the molecule is Cc1cc(Sc2ccccn2)ccc1CNC1CC1. The first-order valence-corrected chi connectivity index (χ1v) is 7.55. The fourth-order valence-electron chi connectivity index (χ4n) is 2.00. The monoisotopic (exact) mass is 270 g/mol. The molecule has 98 valence electrons. The maximum absolute atomic E-state index is 4.34. The van der Waals surface area contributed by atoms with Crippen LogP contribution in [0.15, 0.2) is 52.5 Å². The first kappa shape index (κ1) is 12.7. The normalized spacial score (nSPS) is 14.6. The van der Waals surface area contributed by atoms with E-state index in [1.54, 1.807) is 11.8 Å². The minimum Gasteiger partial charge on any atom is -0.310 e. The molecule has 0 aliphatic heterocycles. The summed E-state index contributed by atoms with van der Waals surface area (Å²) < 4.78 is 0. The summed E-state index contributed by atoms with van der Waals surface area (Å²) in [5.74, 6) is 0. The van der Waals surface area contributed by atoms with E-state index < -0.39 is 0 Å². The standard InChI is InChI=1S/C16H18N2S/c1-12-10-15(19-16-4-2-3-9-17-16)8-5-13(12)11-18-14-6-7-14/h2-5,8-10,14,18H,6-7,11H2,1H3. The Balaban J connectivity index is 1.67. The van der Waals surface area contributed by atoms with E-state index >= 15 is 0 Å². The topological polar surface area (TPSA) is 24.9 Å². The molecule has 1 heterocycles. The van der Waals surface area contributed by atoms with Crippen LogP contribution < -0.4 is 5.32 Å². The number of rotatable bonds is 5. The molecule has 0 saturated heterocycles. The van der Waals surface area contributed by atoms with Crippen molar-refractivity contribution >= 4 is 11.8 Å². The third-order valence-electron chi connectivity index (χ3n) is 3.33. The number of hydrogen-bond acceptors (Lipinski definition) is 3. The molecule has 3 heteroatoms. The van der Waals surface area contributed by atoms with Gasteiger partial charge in [0.1, 0.15) is 5.03 Å². The highest BCUT2D eigenvalue weighted by molar-refractivity contribution is 7.99. The van der Waals surface area contributed by atoms with E-state index in [-0.39, 0.29) is 0 Å². The molecule has 19 heavy (non-hydrogen) atoms. The largest absolute Gasteiger partial charge is 0.310 e. The van der Waals surface area contributed by atoms with E-state index in [1.165, 1.54) is 28.9 Å². The number of nitrogens with one attached hydrogen (secondary N) is 1. The molecule has 0 amide bonds. The van der Waals surface area contributed by atoms with Gasteiger partial charge in [-0.2, -0.15) is 0 Å². The van der Waals surface area contributed by atoms with Crippen molar-refractivity contribution in [1.29, 1.82) is 0 Å². The Morgan fingerprint density at radius 1 is 1.26 bits per heavy atom. The van der Waals surface area contributed by atoms with Gasteiger partial charge in [0.25, 0.3) is 0 Å². The maximum atomic E-state index is 4.34. The van der Waals surface area contributed by atoms with Crippen molar-refractivity contribution in [3.8, 4) is 0 Å². The zero-order chi connectivity index (χ0) is 13.1. The van der Waals surface area contributed by atoms with Crippen LogP contribution in [0.4, 0.5) is 0 Å². The Morgan fingerprint density at radius 2 is 2.16 bits per heavy atom. The lowest BCUT2D eigenvalue weighted by Crippen LogP contribution is -2.15. The smallest absolute Gasteiger partial charge is 0.101 e. The first-order valence-electron chi connectivity index (χ1n) is 6.73. The van der Waals surface area contributed by atoms with E-state index in [0.29, 0.717) is 0 Å². The highest BCUT2D eigenvalue weighted by Gasteiger charge is 2.20. The van der Waals surface area contributed by atoms with E-state index in [2.05, 4.69) is 35.4 Å². The summed E-state index contributed by atoms with van der Waals surface area (Å²) >= 11 is 1.72. The van der Waals surface area contributed by atoms with Gasteiger partial charge in [-0.25, -0.2) is 4.98 Å². The zero-order valence-corrected chi connectivity index (χ0v) is 11.9. The second-order valence-electron chi connectivity index (χ2n) is 5.01. The maximum Gasteiger partial charge on any atom is 0.101 e. The van der Waals surface area contributed by atoms with Crippen molar-refractivity contribution in [3.05, 3.63) is 53.7 Å². The average Bonchev–Trinajstić information content (AvgIpc) is 3.23. The predicted octanol–water partition coefficient (Wildman–Crippen LogP) is 3.79. The molecule has 0 bridgehead atoms. The molecule has 1 fully saturated rings. The summed E-state index contributed by atoms with van der Waals surface area (Å²) in [5, 5.41) is 4.61. The van der Waals surface area contributed by atoms with E-state index in [0.717, 1.165) is 17.6 Å². The van der Waals surface area contributed by atoms with Crippen LogP contribution in [0.25, 0.3) is 0 Å². The van der Waals surface area contributed by atoms with Crippen LogP contribution in [-0.2, 0) is 6.54 Å². The molecule has 0 unspecified atom stereocenters. The number of aryl methyl sites for hydroxylation is 1. The third-order valence-corrected chi connectivity index (χ3v) is 4.27. The van der Waals surface area contributed by atoms with Crippen molar-refractivity contribution in [1.82, 2.24) is 10.3 Å². The van der Waals surface area contributed by atoms with E-state index in [1.807, 2.05) is 24.4 Å². The fraction of sp³-hybridized carbons (Fsp3) is 0.312. The zero-order valence-electron chi connectivity index (χ0n) is 11.1. The highest BCUT2D eigenvalue weighted by atomic mass is 32.2. The van der Waals surface area contributed by atoms with Gasteiger partial charge in [-0.05, 0) is 55.2 Å². The summed E-state index contributed by atoms with van der Waals surface area (Å²) in [7, 11) is 0. The lowest BCUT2D eigenvalue weighted by atomic mass is 10.1. The van der Waals surface area contributed by atoms with Crippen LogP contribution in [0.3, 0.4) is 0 Å². The lowest BCUT2D eigenvalue weighted by Gasteiger charge is -2.09. The Labute approximate surface area is 118 Å². The van der Waals surface area contributed by atoms with Gasteiger partial charge in [0.05, 0.1) is 0 Å². The molecule has 1 aliphatic carbocycles. The molecule has 3 rings (SSSR count). The summed E-state index contributed by atoms with van der Waals surface area (Å²) in [6, 6.07) is 13.5. The Hall–Kier alpha value is -1.32. The number of hydrogen-bond donors (Lipinski definition) is 1. The van der Waals surface area contributed by atoms with Crippen LogP contribution in [0.2, 0.25) is 0 Å². The van der Waals surface area contributed by atoms with Crippen LogP contribution in [-0.4, -0.2) is 11.0 Å². The Kier molecular flexibility index (Phi) is 3.85. The van der Waals surface area contributed by atoms with Crippen molar-refractivity contribution in [2.75, 3.05) is 0 Å². The molecule has 0 spiro atoms. The first-order chi connectivity index (χ1) is 9.31. The molecule has 0 atom stereocenters. The summed E-state index contributed by atoms with van der Waals surface area (Å²) in [6.45, 7) is 3.18. The van der Waals surface area contributed by atoms with Crippen LogP contribution >= 0.6 is 11.8 Å². The molecular formula is C16H18N2S. The summed E-state index contributed by atoms with van der Waals surface area (Å²) in [6.07, 6.45) is 4.52. The number of nitrogens with zero attached hydrogens (tertiary/aromatic N) is 1. The third kappa shape index (κ3) is 3.58. The van der Waals surface area contributed by atoms with Gasteiger partial charge in [0, 0.05) is 23.7 Å². The van der Waals surface area contributed by atoms with Gasteiger partial charge < -0.3 is 5.32 Å². The van der Waals surface area contributed by atoms with Gasteiger partial charge in [0.2, 0.25) is 0 Å². The van der Waals surface area contributed by atoms with E-state index in [4.69, 9.17) is 0 Å². The second kappa shape index (κ2) is 5.76. The Bertz CT molecular complexity index is 550. The minimum absolute atomic E-state index is 0.766. The number of aromatic nitrogens is 1. The molecule has 0 radical (unpaired) electrons. The Morgan fingerprint density at radius 3 is 2.84 bits per heavy atom. The van der Waals surface area contributed by atoms with Crippen molar-refractivity contribution in [3.63, 3.8) is 0 Å². The van der Waals surface area contributed by atoms with Crippen molar-refractivity contribution < 1.29 is 0 Å². The molecule has 1 aromatic carbocycles. The van der Waals surface area contributed by atoms with Gasteiger partial charge in [-0.3, -0.25) is 0 Å². The molecule has 1 saturated carbocycles. The molecule has 1 N–H and O–H groups in total. The number of benzene rings is 1. The van der Waals surface area contributed by atoms with E-state index in [9.17, 15) is 0 Å². The van der Waals surface area contributed by atoms with Crippen LogP contribution in [0, 0.1) is 6.92 Å². The van der Waals surface area contributed by atoms with Crippen LogP contribution in [0.1, 0.15) is 24.0 Å². The molecule has 1 aliphatic rings. The number of pyridine rings is 1. The lowest BCUT2D eigenvalue weighted by molar-refractivity contribution is 0.685. The van der Waals surface area contributed by atoms with Gasteiger partial charge >= 0.3 is 0 Å². The quantitative estimate of drug-likeness (QED) is 0.894. The van der Waals surface area contributed by atoms with Gasteiger partial charge in [-0.15, -0.1) is 0 Å². The molecule has 2 nitrogen and oxygen atoms in total. The summed E-state index contributed by atoms with van der Waals surface area (Å²) in [5.41, 5.74) is 2.76. The average molecular weight is 270 g/mol. The van der Waals surface area contributed by atoms with Gasteiger partial charge in [0.15, 0.2) is 0 Å². The molecular weight excluding hydrogens is 252 g/mol. The van der Waals surface area contributed by atoms with Gasteiger partial charge in [-0.1, -0.05) is 23.9 Å². The van der Waals surface area contributed by atoms with Crippen molar-refractivity contribution in [2.24, 2.45) is 0 Å². The summed E-state index contributed by atoms with van der Waals surface area (Å²) in [4.78, 5) is 5.60. The molecule has 1 aromatic heterocycles. The minimum atomic E-state index is 0.766. The fourth-order valence-corrected chi connectivity index (χ4v) is 2.87. The highest BCUT2D eigenvalue weighted by Crippen LogP contribution is 2.27. The second-order valence-corrected chi connectivity index (χ2v) is 6.11. The van der Waals surface area contributed by atoms with Crippen molar-refractivity contribution in [2.45, 2.75) is 42.3 Å². The molecule has 2 aromatic rings.